The highest BCUT2D eigenvalue weighted by atomic mass is 19.3. The van der Waals surface area contributed by atoms with Gasteiger partial charge in [-0.25, -0.2) is 0 Å². The number of hydrogen-bond donors (Lipinski definition) is 0. The third-order valence-corrected chi connectivity index (χ3v) is 1.43. The molecule has 0 amide bonds. The Morgan fingerprint density at radius 1 is 1.00 bits per heavy atom. The van der Waals surface area contributed by atoms with E-state index in [1.165, 1.54) is 0 Å². The van der Waals surface area contributed by atoms with Crippen molar-refractivity contribution in [1.29, 1.82) is 0 Å². The van der Waals surface area contributed by atoms with Crippen LogP contribution >= 0.6 is 0 Å². The molecule has 0 bridgehead atoms. The first-order valence-electron chi connectivity index (χ1n) is 4.06. The van der Waals surface area contributed by atoms with Crippen LogP contribution in [0.3, 0.4) is 0 Å². The van der Waals surface area contributed by atoms with Crippen molar-refractivity contribution in [2.45, 2.75) is 25.7 Å². The van der Waals surface area contributed by atoms with Crippen LogP contribution in [0.4, 0.5) is 17.6 Å². The summed E-state index contributed by atoms with van der Waals surface area (Å²) in [6.07, 6.45) is -1.99. The minimum atomic E-state index is -2.91. The van der Waals surface area contributed by atoms with Gasteiger partial charge in [0.05, 0.1) is 6.61 Å². The third-order valence-electron chi connectivity index (χ3n) is 1.43. The van der Waals surface area contributed by atoms with Crippen molar-refractivity contribution in [3.8, 4) is 0 Å². The molecule has 0 aliphatic carbocycles. The summed E-state index contributed by atoms with van der Waals surface area (Å²) in [5, 5.41) is 0. The third kappa shape index (κ3) is 7.57. The van der Waals surface area contributed by atoms with Gasteiger partial charge in [-0.15, -0.1) is 0 Å². The number of carbonyl (C=O) groups excluding carboxylic acids is 1. The van der Waals surface area contributed by atoms with E-state index in [1.54, 1.807) is 0 Å². The monoisotopic (exact) mass is 214 g/mol. The highest BCUT2D eigenvalue weighted by molar-refractivity contribution is 5.69. The van der Waals surface area contributed by atoms with Crippen molar-refractivity contribution in [2.24, 2.45) is 0 Å². The van der Waals surface area contributed by atoms with Crippen LogP contribution in [0.15, 0.2) is 12.2 Å². The molecule has 0 atom stereocenters. The number of ether oxygens (including phenoxy) is 1. The lowest BCUT2D eigenvalue weighted by molar-refractivity contribution is -0.142. The molecule has 0 aromatic heterocycles. The minimum Gasteiger partial charge on any atom is -0.466 e. The number of hydrogen-bond acceptors (Lipinski definition) is 2. The van der Waals surface area contributed by atoms with E-state index in [0.29, 0.717) is 13.0 Å². The normalized spacial score (nSPS) is 15.9. The Labute approximate surface area is 78.5 Å². The summed E-state index contributed by atoms with van der Waals surface area (Å²) >= 11 is 0. The molecule has 0 N–H and O–H groups in total. The molecule has 0 spiro atoms. The van der Waals surface area contributed by atoms with Crippen molar-refractivity contribution >= 4 is 5.97 Å². The Bertz CT molecular complexity index is 187. The molecule has 1 saturated heterocycles. The molecule has 1 heterocycles. The Hall–Kier alpha value is -1.07. The number of rotatable bonds is 0. The van der Waals surface area contributed by atoms with Crippen molar-refractivity contribution in [1.82, 2.24) is 0 Å². The van der Waals surface area contributed by atoms with Gasteiger partial charge in [-0.2, -0.15) is 17.6 Å². The maximum Gasteiger partial charge on any atom is 0.334 e. The molecule has 14 heavy (non-hydrogen) atoms. The van der Waals surface area contributed by atoms with Crippen molar-refractivity contribution in [2.75, 3.05) is 6.61 Å². The second kappa shape index (κ2) is 7.34. The van der Waals surface area contributed by atoms with E-state index in [0.717, 1.165) is 19.3 Å². The fourth-order valence-electron chi connectivity index (χ4n) is 0.806. The van der Waals surface area contributed by atoms with Crippen LogP contribution in [-0.2, 0) is 9.53 Å². The van der Waals surface area contributed by atoms with Gasteiger partial charge in [0, 0.05) is 6.42 Å². The van der Waals surface area contributed by atoms with E-state index in [4.69, 9.17) is 4.74 Å². The van der Waals surface area contributed by atoms with E-state index < -0.39 is 12.2 Å². The molecule has 0 radical (unpaired) electrons. The largest absolute Gasteiger partial charge is 0.466 e. The molecule has 0 unspecified atom stereocenters. The molecule has 0 aromatic carbocycles. The van der Waals surface area contributed by atoms with Crippen LogP contribution in [0.25, 0.3) is 0 Å². The van der Waals surface area contributed by atoms with Gasteiger partial charge in [-0.05, 0) is 19.3 Å². The number of carbonyl (C=O) groups is 1. The summed E-state index contributed by atoms with van der Waals surface area (Å²) in [5.74, 6) is -0.0255. The van der Waals surface area contributed by atoms with Crippen molar-refractivity contribution < 1.29 is 27.1 Å². The van der Waals surface area contributed by atoms with Crippen LogP contribution in [0.2, 0.25) is 0 Å². The summed E-state index contributed by atoms with van der Waals surface area (Å²) in [5.41, 5.74) is 0. The Morgan fingerprint density at radius 2 is 1.57 bits per heavy atom. The average molecular weight is 214 g/mol. The summed E-state index contributed by atoms with van der Waals surface area (Å²) in [4.78, 5) is 10.5. The molecule has 0 saturated carbocycles. The van der Waals surface area contributed by atoms with E-state index in [9.17, 15) is 22.4 Å². The fourth-order valence-corrected chi connectivity index (χ4v) is 0.806. The van der Waals surface area contributed by atoms with Crippen molar-refractivity contribution in [3.05, 3.63) is 12.2 Å². The van der Waals surface area contributed by atoms with Gasteiger partial charge in [0.25, 0.3) is 0 Å². The average Bonchev–Trinajstić information content (AvgIpc) is 2.33. The Morgan fingerprint density at radius 3 is 2.07 bits per heavy atom. The first kappa shape index (κ1) is 12.9. The lowest BCUT2D eigenvalue weighted by Gasteiger charge is -1.93. The highest BCUT2D eigenvalue weighted by Gasteiger charge is 2.05. The molecule has 82 valence electrons. The molecule has 1 fully saturated rings. The Balaban J connectivity index is 0.000000255. The van der Waals surface area contributed by atoms with Gasteiger partial charge < -0.3 is 4.74 Å². The van der Waals surface area contributed by atoms with Crippen LogP contribution in [0, 0.1) is 0 Å². The second-order valence-corrected chi connectivity index (χ2v) is 2.55. The number of cyclic esters (lactones) is 1. The van der Waals surface area contributed by atoms with E-state index >= 15 is 0 Å². The van der Waals surface area contributed by atoms with Gasteiger partial charge in [0.15, 0.2) is 0 Å². The van der Waals surface area contributed by atoms with Crippen LogP contribution in [0.1, 0.15) is 25.7 Å². The van der Waals surface area contributed by atoms with Gasteiger partial charge in [0.1, 0.15) is 0 Å². The summed E-state index contributed by atoms with van der Waals surface area (Å²) < 4.78 is 45.9. The molecular formula is C8H10F4O2. The number of halogens is 4. The quantitative estimate of drug-likeness (QED) is 0.457. The highest BCUT2D eigenvalue weighted by Crippen LogP contribution is 2.08. The first-order valence-corrected chi connectivity index (χ1v) is 4.06. The van der Waals surface area contributed by atoms with E-state index in [-0.39, 0.29) is 5.97 Å². The fraction of sp³-hybridized carbons (Fsp3) is 0.625. The summed E-state index contributed by atoms with van der Waals surface area (Å²) in [6.45, 7) is 0.638. The zero-order valence-electron chi connectivity index (χ0n) is 7.36. The van der Waals surface area contributed by atoms with Crippen LogP contribution in [-0.4, -0.2) is 12.6 Å². The standard InChI is InChI=1S/C6H10O2.C2F4/c7-6-4-2-1-3-5-8-6;3-1(4)2(5)6/h1-5H2;. The maximum absolute atomic E-state index is 10.5. The SMILES string of the molecule is FC(F)=C(F)F.O=C1CCCCCO1. The predicted molar refractivity (Wildman–Crippen MR) is 40.9 cm³/mol. The summed E-state index contributed by atoms with van der Waals surface area (Å²) in [6, 6.07) is 0. The lowest BCUT2D eigenvalue weighted by Crippen LogP contribution is -2.00. The molecule has 6 heteroatoms. The summed E-state index contributed by atoms with van der Waals surface area (Å²) in [7, 11) is 0. The second-order valence-electron chi connectivity index (χ2n) is 2.55. The molecule has 0 aromatic rings. The number of esters is 1. The van der Waals surface area contributed by atoms with Crippen molar-refractivity contribution in [3.63, 3.8) is 0 Å². The molecule has 1 aliphatic heterocycles. The minimum absolute atomic E-state index is 0.0255. The zero-order chi connectivity index (χ0) is 11.0. The van der Waals surface area contributed by atoms with Gasteiger partial charge in [0.2, 0.25) is 0 Å². The van der Waals surface area contributed by atoms with Gasteiger partial charge in [-0.1, -0.05) is 0 Å². The van der Waals surface area contributed by atoms with E-state index in [1.807, 2.05) is 0 Å². The zero-order valence-corrected chi connectivity index (χ0v) is 7.36. The van der Waals surface area contributed by atoms with Crippen LogP contribution < -0.4 is 0 Å². The van der Waals surface area contributed by atoms with Gasteiger partial charge in [-0.3, -0.25) is 4.79 Å². The van der Waals surface area contributed by atoms with E-state index in [2.05, 4.69) is 0 Å². The first-order chi connectivity index (χ1) is 6.54. The molecule has 2 nitrogen and oxygen atoms in total. The molecular weight excluding hydrogens is 204 g/mol. The van der Waals surface area contributed by atoms with Gasteiger partial charge >= 0.3 is 18.1 Å². The lowest BCUT2D eigenvalue weighted by atomic mass is 10.2. The molecule has 1 aliphatic rings. The Kier molecular flexibility index (Phi) is 6.78. The maximum atomic E-state index is 10.5. The molecule has 1 rings (SSSR count). The predicted octanol–water partition coefficient (Wildman–Crippen LogP) is 3.09. The smallest absolute Gasteiger partial charge is 0.334 e. The van der Waals surface area contributed by atoms with Crippen LogP contribution in [0.5, 0.6) is 0 Å². The topological polar surface area (TPSA) is 26.3 Å².